The molecule has 0 radical (unpaired) electrons. The van der Waals surface area contributed by atoms with Gasteiger partial charge in [-0.15, -0.1) is 0 Å². The van der Waals surface area contributed by atoms with Crippen LogP contribution in [0.5, 0.6) is 0 Å². The van der Waals surface area contributed by atoms with E-state index in [0.29, 0.717) is 5.70 Å². The summed E-state index contributed by atoms with van der Waals surface area (Å²) in [5.74, 6) is 0. The minimum atomic E-state index is -0.476. The van der Waals surface area contributed by atoms with Crippen LogP contribution < -0.4 is 5.32 Å². The normalized spacial score (nSPS) is 11.1. The van der Waals surface area contributed by atoms with Crippen molar-refractivity contribution < 1.29 is 4.92 Å². The number of hydrogen-bond donors (Lipinski definition) is 1. The summed E-state index contributed by atoms with van der Waals surface area (Å²) >= 11 is 0. The molecular weight excluding hydrogens is 180 g/mol. The Labute approximate surface area is 82.4 Å². The quantitative estimate of drug-likeness (QED) is 0.591. The fraction of sp³-hybridized carbons (Fsp3) is 0.200. The van der Waals surface area contributed by atoms with Crippen molar-refractivity contribution in [2.24, 2.45) is 0 Å². The van der Waals surface area contributed by atoms with E-state index in [4.69, 9.17) is 0 Å². The lowest BCUT2D eigenvalue weighted by Crippen LogP contribution is -1.98. The third-order valence-electron chi connectivity index (χ3n) is 1.69. The molecule has 0 spiro atoms. The highest BCUT2D eigenvalue weighted by atomic mass is 16.6. The maximum absolute atomic E-state index is 10.1. The Morgan fingerprint density at radius 1 is 1.43 bits per heavy atom. The SMILES string of the molecule is CC(=C[N+](=O)[O-])Nc1ccc(C)cc1. The lowest BCUT2D eigenvalue weighted by molar-refractivity contribution is -0.403. The summed E-state index contributed by atoms with van der Waals surface area (Å²) in [4.78, 5) is 9.67. The zero-order chi connectivity index (χ0) is 10.6. The van der Waals surface area contributed by atoms with Gasteiger partial charge in [0.05, 0.1) is 10.6 Å². The maximum Gasteiger partial charge on any atom is 0.253 e. The fourth-order valence-electron chi connectivity index (χ4n) is 1.05. The van der Waals surface area contributed by atoms with E-state index in [1.807, 2.05) is 31.2 Å². The van der Waals surface area contributed by atoms with Crippen molar-refractivity contribution in [2.45, 2.75) is 13.8 Å². The van der Waals surface area contributed by atoms with Crippen molar-refractivity contribution in [3.05, 3.63) is 51.8 Å². The molecule has 1 aromatic carbocycles. The first-order valence-electron chi connectivity index (χ1n) is 4.23. The number of rotatable bonds is 3. The standard InChI is InChI=1S/C10H12N2O2/c1-8-3-5-10(6-4-8)11-9(2)7-12(13)14/h3-7,11H,1-2H3. The van der Waals surface area contributed by atoms with Crippen LogP contribution in [0, 0.1) is 17.0 Å². The van der Waals surface area contributed by atoms with Gasteiger partial charge in [-0.1, -0.05) is 17.7 Å². The molecule has 0 saturated carbocycles. The van der Waals surface area contributed by atoms with Crippen molar-refractivity contribution in [1.29, 1.82) is 0 Å². The topological polar surface area (TPSA) is 55.2 Å². The average molecular weight is 192 g/mol. The lowest BCUT2D eigenvalue weighted by atomic mass is 10.2. The number of benzene rings is 1. The molecule has 0 atom stereocenters. The van der Waals surface area contributed by atoms with Gasteiger partial charge < -0.3 is 5.32 Å². The number of anilines is 1. The second kappa shape index (κ2) is 4.41. The van der Waals surface area contributed by atoms with Crippen molar-refractivity contribution in [2.75, 3.05) is 5.32 Å². The molecule has 1 aromatic rings. The van der Waals surface area contributed by atoms with Crippen LogP contribution in [0.4, 0.5) is 5.69 Å². The summed E-state index contributed by atoms with van der Waals surface area (Å²) in [6, 6.07) is 7.66. The molecule has 0 bridgehead atoms. The van der Waals surface area contributed by atoms with Crippen molar-refractivity contribution >= 4 is 5.69 Å². The first-order chi connectivity index (χ1) is 6.58. The Morgan fingerprint density at radius 2 is 2.00 bits per heavy atom. The van der Waals surface area contributed by atoms with Crippen LogP contribution in [0.15, 0.2) is 36.2 Å². The second-order valence-corrected chi connectivity index (χ2v) is 3.09. The van der Waals surface area contributed by atoms with E-state index >= 15 is 0 Å². The molecule has 1 rings (SSSR count). The summed E-state index contributed by atoms with van der Waals surface area (Å²) in [5, 5.41) is 13.1. The number of allylic oxidation sites excluding steroid dienone is 1. The molecule has 1 N–H and O–H groups in total. The summed E-state index contributed by atoms with van der Waals surface area (Å²) in [7, 11) is 0. The molecule has 0 aliphatic heterocycles. The monoisotopic (exact) mass is 192 g/mol. The molecule has 0 saturated heterocycles. The van der Waals surface area contributed by atoms with Gasteiger partial charge in [-0.3, -0.25) is 10.1 Å². The molecule has 4 heteroatoms. The average Bonchev–Trinajstić information content (AvgIpc) is 2.07. The highest BCUT2D eigenvalue weighted by Gasteiger charge is 1.96. The van der Waals surface area contributed by atoms with Crippen LogP contribution in [-0.2, 0) is 0 Å². The Balaban J connectivity index is 2.69. The van der Waals surface area contributed by atoms with Gasteiger partial charge in [-0.2, -0.15) is 0 Å². The third-order valence-corrected chi connectivity index (χ3v) is 1.69. The molecule has 0 aliphatic carbocycles. The predicted molar refractivity (Wildman–Crippen MR) is 55.6 cm³/mol. The largest absolute Gasteiger partial charge is 0.354 e. The van der Waals surface area contributed by atoms with Crippen molar-refractivity contribution in [3.8, 4) is 0 Å². The minimum Gasteiger partial charge on any atom is -0.354 e. The molecule has 0 heterocycles. The molecule has 0 aliphatic rings. The van der Waals surface area contributed by atoms with Gasteiger partial charge in [-0.25, -0.2) is 0 Å². The fourth-order valence-corrected chi connectivity index (χ4v) is 1.05. The minimum absolute atomic E-state index is 0.476. The van der Waals surface area contributed by atoms with Crippen LogP contribution in [0.25, 0.3) is 0 Å². The Bertz CT molecular complexity index is 355. The van der Waals surface area contributed by atoms with Crippen LogP contribution >= 0.6 is 0 Å². The lowest BCUT2D eigenvalue weighted by Gasteiger charge is -2.03. The number of nitrogens with one attached hydrogen (secondary N) is 1. The first kappa shape index (κ1) is 10.2. The molecule has 0 aromatic heterocycles. The first-order valence-corrected chi connectivity index (χ1v) is 4.23. The molecule has 0 fully saturated rings. The van der Waals surface area contributed by atoms with Gasteiger partial charge >= 0.3 is 0 Å². The maximum atomic E-state index is 10.1. The van der Waals surface area contributed by atoms with E-state index in [-0.39, 0.29) is 0 Å². The highest BCUT2D eigenvalue weighted by molar-refractivity contribution is 5.48. The summed E-state index contributed by atoms with van der Waals surface area (Å²) in [5.41, 5.74) is 2.52. The van der Waals surface area contributed by atoms with Crippen LogP contribution in [0.3, 0.4) is 0 Å². The van der Waals surface area contributed by atoms with Gasteiger partial charge in [0.2, 0.25) is 0 Å². The molecule has 0 unspecified atom stereocenters. The predicted octanol–water partition coefficient (Wildman–Crippen LogP) is 2.54. The second-order valence-electron chi connectivity index (χ2n) is 3.09. The number of nitro groups is 1. The molecular formula is C10H12N2O2. The van der Waals surface area contributed by atoms with Crippen LogP contribution in [-0.4, -0.2) is 4.92 Å². The Morgan fingerprint density at radius 3 is 2.50 bits per heavy atom. The molecule has 74 valence electrons. The smallest absolute Gasteiger partial charge is 0.253 e. The highest BCUT2D eigenvalue weighted by Crippen LogP contribution is 2.10. The van der Waals surface area contributed by atoms with E-state index < -0.39 is 4.92 Å². The van der Waals surface area contributed by atoms with E-state index in [1.54, 1.807) is 6.92 Å². The van der Waals surface area contributed by atoms with Crippen LogP contribution in [0.1, 0.15) is 12.5 Å². The number of hydrogen-bond acceptors (Lipinski definition) is 3. The molecule has 14 heavy (non-hydrogen) atoms. The van der Waals surface area contributed by atoms with Crippen LogP contribution in [0.2, 0.25) is 0 Å². The zero-order valence-corrected chi connectivity index (χ0v) is 8.15. The Kier molecular flexibility index (Phi) is 3.23. The summed E-state index contributed by atoms with van der Waals surface area (Å²) < 4.78 is 0. The summed E-state index contributed by atoms with van der Waals surface area (Å²) in [6.45, 7) is 3.64. The van der Waals surface area contributed by atoms with Gasteiger partial charge in [0.25, 0.3) is 6.20 Å². The van der Waals surface area contributed by atoms with Gasteiger partial charge in [0.1, 0.15) is 0 Å². The molecule has 0 amide bonds. The van der Waals surface area contributed by atoms with Crippen molar-refractivity contribution in [1.82, 2.24) is 0 Å². The van der Waals surface area contributed by atoms with Crippen molar-refractivity contribution in [3.63, 3.8) is 0 Å². The van der Waals surface area contributed by atoms with Gasteiger partial charge in [-0.05, 0) is 26.0 Å². The van der Waals surface area contributed by atoms with E-state index in [2.05, 4.69) is 5.32 Å². The zero-order valence-electron chi connectivity index (χ0n) is 8.15. The van der Waals surface area contributed by atoms with Gasteiger partial charge in [0, 0.05) is 5.69 Å². The van der Waals surface area contributed by atoms with Gasteiger partial charge in [0.15, 0.2) is 0 Å². The van der Waals surface area contributed by atoms with E-state index in [9.17, 15) is 10.1 Å². The number of aryl methyl sites for hydroxylation is 1. The van der Waals surface area contributed by atoms with E-state index in [0.717, 1.165) is 17.5 Å². The van der Waals surface area contributed by atoms with E-state index in [1.165, 1.54) is 0 Å². The third kappa shape index (κ3) is 3.26. The molecule has 4 nitrogen and oxygen atoms in total. The Hall–Kier alpha value is -1.84. The summed E-state index contributed by atoms with van der Waals surface area (Å²) in [6.07, 6.45) is 0.944. The number of nitrogens with zero attached hydrogens (tertiary/aromatic N) is 1.